The molecule has 5 heterocycles. The van der Waals surface area contributed by atoms with Crippen LogP contribution in [0.2, 0.25) is 0 Å². The van der Waals surface area contributed by atoms with Crippen LogP contribution in [0, 0.1) is 23.7 Å². The molecule has 2 aliphatic rings. The first-order chi connectivity index (χ1) is 56.8. The van der Waals surface area contributed by atoms with E-state index in [0.717, 1.165) is 266 Å². The van der Waals surface area contributed by atoms with Gasteiger partial charge in [0.05, 0.1) is 84.6 Å². The van der Waals surface area contributed by atoms with Crippen molar-refractivity contribution in [1.82, 2.24) is 19.9 Å². The van der Waals surface area contributed by atoms with Crippen molar-refractivity contribution in [1.29, 1.82) is 0 Å². The Labute approximate surface area is 699 Å². The first-order valence-corrected chi connectivity index (χ1v) is 43.7. The van der Waals surface area contributed by atoms with Crippen molar-refractivity contribution in [2.75, 3.05) is 39.6 Å². The van der Waals surface area contributed by atoms with Gasteiger partial charge in [0.15, 0.2) is 0 Å². The van der Waals surface area contributed by atoms with Crippen LogP contribution in [0.4, 0.5) is 0 Å². The lowest BCUT2D eigenvalue weighted by Gasteiger charge is -2.26. The van der Waals surface area contributed by atoms with Gasteiger partial charge in [0.1, 0.15) is 34.5 Å². The minimum atomic E-state index is -0.193. The third-order valence-corrected chi connectivity index (χ3v) is 23.4. The minimum absolute atomic E-state index is 0.193. The van der Waals surface area contributed by atoms with E-state index in [1.807, 2.05) is 0 Å². The zero-order valence-corrected chi connectivity index (χ0v) is 73.1. The second-order valence-electron chi connectivity index (χ2n) is 36.5. The van der Waals surface area contributed by atoms with Crippen LogP contribution >= 0.6 is 0 Å². The maximum Gasteiger partial charge on any atom is 0.130 e. The number of rotatable bonds is 26. The Hall–Kier alpha value is -11.2. The van der Waals surface area contributed by atoms with Gasteiger partial charge in [0.25, 0.3) is 0 Å². The van der Waals surface area contributed by atoms with Gasteiger partial charge < -0.3 is 38.4 Å². The molecular weight excluding hydrogens is 1450 g/mol. The van der Waals surface area contributed by atoms with Crippen LogP contribution < -0.4 is 28.4 Å². The molecule has 10 nitrogen and oxygen atoms in total. The Morgan fingerprint density at radius 3 is 0.788 bits per heavy atom. The summed E-state index contributed by atoms with van der Waals surface area (Å²) in [7, 11) is 0. The second kappa shape index (κ2) is 34.0. The van der Waals surface area contributed by atoms with E-state index >= 15 is 0 Å². The zero-order valence-electron chi connectivity index (χ0n) is 73.1. The molecule has 0 atom stereocenters. The van der Waals surface area contributed by atoms with E-state index < -0.39 is 0 Å². The van der Waals surface area contributed by atoms with Crippen LogP contribution in [0.1, 0.15) is 269 Å². The fourth-order valence-electron chi connectivity index (χ4n) is 16.3. The van der Waals surface area contributed by atoms with Gasteiger partial charge in [-0.3, -0.25) is 0 Å². The number of H-pyrrole nitrogens is 2. The molecule has 0 fully saturated rings. The fourth-order valence-corrected chi connectivity index (χ4v) is 16.3. The molecule has 15 rings (SSSR count). The summed E-state index contributed by atoms with van der Waals surface area (Å²) >= 11 is 0. The zero-order chi connectivity index (χ0) is 83.0. The molecule has 10 heteroatoms. The summed E-state index contributed by atoms with van der Waals surface area (Å²) in [4.78, 5) is 19.9. The first-order valence-electron chi connectivity index (χ1n) is 43.7. The molecule has 0 radical (unpaired) electrons. The number of nitrogens with zero attached hydrogens (tertiary/aromatic N) is 2. The summed E-state index contributed by atoms with van der Waals surface area (Å²) in [5.74, 6) is 20.4. The van der Waals surface area contributed by atoms with Gasteiger partial charge in [0, 0.05) is 99.3 Å². The van der Waals surface area contributed by atoms with Crippen LogP contribution in [0.15, 0.2) is 133 Å². The molecule has 3 aromatic heterocycles. The number of ether oxygens (including phenoxy) is 6. The van der Waals surface area contributed by atoms with Gasteiger partial charge >= 0.3 is 0 Å². The van der Waals surface area contributed by atoms with E-state index in [1.54, 1.807) is 0 Å². The highest BCUT2D eigenvalue weighted by atomic mass is 16.5. The summed E-state index contributed by atoms with van der Waals surface area (Å²) in [6.07, 6.45) is 20.4. The van der Waals surface area contributed by atoms with Crippen molar-refractivity contribution in [2.45, 2.75) is 223 Å². The van der Waals surface area contributed by atoms with Gasteiger partial charge in [-0.25, -0.2) is 9.97 Å². The van der Waals surface area contributed by atoms with E-state index in [-0.39, 0.29) is 21.7 Å². The number of fused-ring (bicyclic) bond motifs is 8. The number of hydrogen-bond acceptors (Lipinski definition) is 8. The van der Waals surface area contributed by atoms with Crippen LogP contribution in [0.5, 0.6) is 34.5 Å². The van der Waals surface area contributed by atoms with E-state index in [0.29, 0.717) is 39.6 Å². The third kappa shape index (κ3) is 16.6. The maximum atomic E-state index is 6.92. The highest BCUT2D eigenvalue weighted by Crippen LogP contribution is 2.50. The van der Waals surface area contributed by atoms with Crippen LogP contribution in [-0.2, 0) is 21.7 Å². The van der Waals surface area contributed by atoms with Gasteiger partial charge in [-0.15, -0.1) is 0 Å². The molecule has 2 N–H and O–H groups in total. The molecule has 8 bridgehead atoms. The normalized spacial score (nSPS) is 12.6. The van der Waals surface area contributed by atoms with Crippen molar-refractivity contribution in [2.24, 2.45) is 0 Å². The van der Waals surface area contributed by atoms with E-state index in [1.165, 1.54) is 22.3 Å². The van der Waals surface area contributed by atoms with Crippen molar-refractivity contribution >= 4 is 111 Å². The number of benzene rings is 10. The lowest BCUT2D eigenvalue weighted by molar-refractivity contribution is 0.298. The molecule has 0 unspecified atom stereocenters. The Balaban J connectivity index is 1.05. The van der Waals surface area contributed by atoms with Crippen molar-refractivity contribution < 1.29 is 28.4 Å². The number of nitrogens with one attached hydrogen (secondary N) is 2. The van der Waals surface area contributed by atoms with E-state index in [4.69, 9.17) is 38.4 Å². The van der Waals surface area contributed by atoms with Gasteiger partial charge in [-0.05, 0) is 201 Å². The summed E-state index contributed by atoms with van der Waals surface area (Å²) in [6, 6.07) is 49.3. The average Bonchev–Trinajstić information content (AvgIpc) is 0.898. The molecule has 0 saturated carbocycles. The molecule has 118 heavy (non-hydrogen) atoms. The molecule has 13 aromatic rings. The fraction of sp³-hybridized carbons (Fsp3) is 0.370. The monoisotopic (exact) mass is 1570 g/mol. The van der Waals surface area contributed by atoms with Crippen LogP contribution in [0.25, 0.3) is 133 Å². The summed E-state index contributed by atoms with van der Waals surface area (Å²) in [5, 5.41) is 12.5. The lowest BCUT2D eigenvalue weighted by Crippen LogP contribution is -2.16. The largest absolute Gasteiger partial charge is 0.493 e. The summed E-state index contributed by atoms with van der Waals surface area (Å²) < 4.78 is 40.7. The van der Waals surface area contributed by atoms with Crippen molar-refractivity contribution in [3.63, 3.8) is 0 Å². The van der Waals surface area contributed by atoms with Gasteiger partial charge in [0.2, 0.25) is 0 Å². The number of aromatic nitrogens is 4. The van der Waals surface area contributed by atoms with E-state index in [9.17, 15) is 0 Å². The molecule has 10 aromatic carbocycles. The average molecular weight is 1570 g/mol. The SMILES string of the molecule is CCCCOc1cc(C#Cc2c3nc(c(-c4cc(C(C)(C)C)cc(C(C)(C)C)c4)c4ccc([nH]4)c(C#Cc4cc(OCCCC)c5ccc6c(OCCCC)cc(OCCCC)c7ccc4c5c76)c4nc(c(-c5cc(C(C)(C)C)cc(C(C)(C)C)c5)c5ccc2[nH]5)C=C4)C=C3)c2ccc3c(OCCCC)cc(OCCCC)c4ccc1c2c34. The molecule has 0 amide bonds. The smallest absolute Gasteiger partial charge is 0.130 e. The number of unbranched alkanes of at least 4 members (excludes halogenated alkanes) is 6. The molecule has 2 aliphatic heterocycles. The minimum Gasteiger partial charge on any atom is -0.493 e. The Bertz CT molecular complexity index is 5840. The second-order valence-corrected chi connectivity index (χ2v) is 36.5. The summed E-state index contributed by atoms with van der Waals surface area (Å²) in [5.41, 5.74) is 17.7. The molecular formula is C108H118N4O6. The van der Waals surface area contributed by atoms with E-state index in [2.05, 4.69) is 316 Å². The Kier molecular flexibility index (Phi) is 23.6. The standard InChI is InChI=1S/C108H118N4O6/c1-19-25-51-113-93-61-67(75-35-37-81-95(115-53-27-21-3)65-97(117-55-29-23-5)83-41-39-79(93)101(75)103(81)83)31-33-77-85-43-47-89(109-85)99(69-57-71(105(7,8)9)63-72(58-69)106(10,11)12)91-49-45-87(111-91)78(88-46-50-92(112-88)100(90-48-44-86(77)110-90)70-59-73(107(13,14)15)64-74(60-70)108(16,17)18)34-32-68-62-94(114-52-26-20-2)80-40-42-84-98(118-56-30-24-6)66-96(116-54-28-22-4)82-38-36-76(68)102(80)104(82)84/h35-50,57-66,109,112H,19-30,51-56H2,1-18H3. The molecule has 0 saturated heterocycles. The highest BCUT2D eigenvalue weighted by Gasteiger charge is 2.29. The van der Waals surface area contributed by atoms with Crippen LogP contribution in [-0.4, -0.2) is 59.6 Å². The van der Waals surface area contributed by atoms with Gasteiger partial charge in [-0.1, -0.05) is 235 Å². The topological polar surface area (TPSA) is 113 Å². The van der Waals surface area contributed by atoms with Crippen molar-refractivity contribution in [3.8, 4) is 80.4 Å². The van der Waals surface area contributed by atoms with Crippen LogP contribution in [0.3, 0.4) is 0 Å². The molecule has 0 aliphatic carbocycles. The quantitative estimate of drug-likeness (QED) is 0.0313. The third-order valence-electron chi connectivity index (χ3n) is 23.4. The first kappa shape index (κ1) is 81.9. The van der Waals surface area contributed by atoms with Gasteiger partial charge in [-0.2, -0.15) is 0 Å². The number of aromatic amines is 2. The molecule has 606 valence electrons. The summed E-state index contributed by atoms with van der Waals surface area (Å²) in [6.45, 7) is 44.4. The Morgan fingerprint density at radius 1 is 0.271 bits per heavy atom. The maximum absolute atomic E-state index is 6.92. The molecule has 0 spiro atoms. The predicted molar refractivity (Wildman–Crippen MR) is 499 cm³/mol. The number of hydrogen-bond donors (Lipinski definition) is 2. The predicted octanol–water partition coefficient (Wildman–Crippen LogP) is 28.8. The highest BCUT2D eigenvalue weighted by molar-refractivity contribution is 6.29. The lowest BCUT2D eigenvalue weighted by atomic mass is 9.78. The van der Waals surface area contributed by atoms with Crippen molar-refractivity contribution in [3.05, 3.63) is 201 Å². The Morgan fingerprint density at radius 2 is 0.517 bits per heavy atom.